The second-order valence-electron chi connectivity index (χ2n) is 13.1. The number of carbonyl (C=O) groups is 1. The van der Waals surface area contributed by atoms with Gasteiger partial charge in [0.1, 0.15) is 11.4 Å². The summed E-state index contributed by atoms with van der Waals surface area (Å²) in [6.07, 6.45) is 7.23. The number of benzene rings is 1. The lowest BCUT2D eigenvalue weighted by Crippen LogP contribution is -2.11. The Morgan fingerprint density at radius 1 is 1.00 bits per heavy atom. The molecule has 1 aromatic carbocycles. The van der Waals surface area contributed by atoms with Crippen LogP contribution in [0.15, 0.2) is 55.0 Å². The first-order chi connectivity index (χ1) is 22.3. The average Bonchev–Trinajstić information content (AvgIpc) is 3.56. The van der Waals surface area contributed by atoms with Crippen molar-refractivity contribution < 1.29 is 19.7 Å². The van der Waals surface area contributed by atoms with E-state index in [9.17, 15) is 9.90 Å². The molecule has 0 amide bonds. The largest absolute Gasteiger partial charge is 0.493 e. The van der Waals surface area contributed by atoms with Crippen molar-refractivity contribution >= 4 is 28.0 Å². The molecule has 0 saturated carbocycles. The molecule has 0 atom stereocenters. The van der Waals surface area contributed by atoms with Crippen LogP contribution in [-0.4, -0.2) is 57.7 Å². The number of hydrogen-bond acceptors (Lipinski definition) is 7. The lowest BCUT2D eigenvalue weighted by Gasteiger charge is -2.23. The van der Waals surface area contributed by atoms with Gasteiger partial charge in [0.05, 0.1) is 36.2 Å². The zero-order valence-corrected chi connectivity index (χ0v) is 27.9. The van der Waals surface area contributed by atoms with E-state index in [-0.39, 0.29) is 6.42 Å². The second-order valence-corrected chi connectivity index (χ2v) is 13.1. The maximum absolute atomic E-state index is 12.0. The number of nitrogens with zero attached hydrogens (tertiary/aromatic N) is 6. The van der Waals surface area contributed by atoms with E-state index in [1.165, 1.54) is 5.56 Å². The van der Waals surface area contributed by atoms with E-state index in [1.54, 1.807) is 37.8 Å². The molecule has 10 nitrogen and oxygen atoms in total. The third-order valence-corrected chi connectivity index (χ3v) is 8.39. The van der Waals surface area contributed by atoms with E-state index >= 15 is 0 Å². The van der Waals surface area contributed by atoms with Crippen LogP contribution in [0.1, 0.15) is 49.6 Å². The van der Waals surface area contributed by atoms with Crippen LogP contribution in [0.2, 0.25) is 0 Å². The number of pyridine rings is 3. The second kappa shape index (κ2) is 12.3. The van der Waals surface area contributed by atoms with Gasteiger partial charge in [0.15, 0.2) is 5.65 Å². The Morgan fingerprint density at radius 2 is 1.77 bits per heavy atom. The van der Waals surface area contributed by atoms with Crippen LogP contribution in [0.25, 0.3) is 55.7 Å². The number of carboxylic acid groups (broad SMARTS) is 1. The molecule has 47 heavy (non-hydrogen) atoms. The van der Waals surface area contributed by atoms with E-state index in [1.807, 2.05) is 45.4 Å². The van der Waals surface area contributed by atoms with Gasteiger partial charge in [-0.05, 0) is 106 Å². The molecule has 242 valence electrons. The number of aryl methyl sites for hydroxylation is 3. The third-order valence-electron chi connectivity index (χ3n) is 8.39. The molecule has 2 N–H and O–H groups in total. The zero-order chi connectivity index (χ0) is 33.6. The van der Waals surface area contributed by atoms with Crippen LogP contribution >= 0.6 is 0 Å². The first-order valence-electron chi connectivity index (χ1n) is 15.7. The summed E-state index contributed by atoms with van der Waals surface area (Å²) in [4.78, 5) is 26.2. The molecule has 7 rings (SSSR count). The Balaban J connectivity index is 0.000000720. The predicted molar refractivity (Wildman–Crippen MR) is 183 cm³/mol. The normalized spacial score (nSPS) is 12.9. The number of aromatic nitrogens is 6. The van der Waals surface area contributed by atoms with Crippen molar-refractivity contribution in [1.29, 1.82) is 0 Å². The van der Waals surface area contributed by atoms with Crippen molar-refractivity contribution in [2.24, 2.45) is 14.1 Å². The van der Waals surface area contributed by atoms with E-state index in [0.29, 0.717) is 5.69 Å². The molecule has 6 aromatic rings. The van der Waals surface area contributed by atoms with Gasteiger partial charge in [-0.15, -0.1) is 0 Å². The smallest absolute Gasteiger partial charge is 0.307 e. The predicted octanol–water partition coefficient (Wildman–Crippen LogP) is 6.60. The quantitative estimate of drug-likeness (QED) is 0.218. The monoisotopic (exact) mass is 632 g/mol. The SMILES string of the molecule is CC(C)(C)O.Cc1nc2c(cc(-c3ccnc(-c4cnc5c(cnn5C)c4)c3)n2C)c(-c2ccc3c(c2C)CCCO3)c1CC(=O)O. The Hall–Kier alpha value is -5.09. The number of ether oxygens (including phenoxy) is 1. The van der Waals surface area contributed by atoms with Crippen molar-refractivity contribution in [3.63, 3.8) is 0 Å². The zero-order valence-electron chi connectivity index (χ0n) is 27.9. The molecule has 5 aromatic heterocycles. The molecule has 10 heteroatoms. The summed E-state index contributed by atoms with van der Waals surface area (Å²) in [7, 11) is 3.88. The van der Waals surface area contributed by atoms with Crippen molar-refractivity contribution in [1.82, 2.24) is 29.3 Å². The minimum Gasteiger partial charge on any atom is -0.493 e. The van der Waals surface area contributed by atoms with Gasteiger partial charge in [0.25, 0.3) is 0 Å². The molecule has 0 aliphatic carbocycles. The highest BCUT2D eigenvalue weighted by Crippen LogP contribution is 2.42. The standard InChI is InChI=1S/C33H30N6O3.C4H10O/c1-18-23-6-5-11-42-29(23)8-7-24(18)31-25(15-30(40)41)19(2)37-33-26(31)14-28(38(33)3)20-9-10-34-27(13-20)21-12-22-17-36-39(4)32(22)35-16-21;1-4(2,3)5/h7-10,12-14,16-17H,5-6,11,15H2,1-4H3,(H,40,41);5H,1-3H3. The van der Waals surface area contributed by atoms with Crippen LogP contribution < -0.4 is 4.74 Å². The summed E-state index contributed by atoms with van der Waals surface area (Å²) in [6.45, 7) is 9.96. The van der Waals surface area contributed by atoms with Gasteiger partial charge in [-0.3, -0.25) is 14.5 Å². The van der Waals surface area contributed by atoms with E-state index < -0.39 is 11.6 Å². The number of aliphatic hydroxyl groups is 1. The van der Waals surface area contributed by atoms with E-state index in [4.69, 9.17) is 14.8 Å². The van der Waals surface area contributed by atoms with Gasteiger partial charge >= 0.3 is 5.97 Å². The summed E-state index contributed by atoms with van der Waals surface area (Å²) in [5.41, 5.74) is 10.5. The number of rotatable bonds is 5. The molecule has 0 spiro atoms. The van der Waals surface area contributed by atoms with Crippen LogP contribution in [0.3, 0.4) is 0 Å². The maximum atomic E-state index is 12.0. The maximum Gasteiger partial charge on any atom is 0.307 e. The molecule has 0 bridgehead atoms. The van der Waals surface area contributed by atoms with Crippen molar-refractivity contribution in [2.45, 2.75) is 59.5 Å². The van der Waals surface area contributed by atoms with Gasteiger partial charge in [-0.1, -0.05) is 6.07 Å². The summed E-state index contributed by atoms with van der Waals surface area (Å²) in [5, 5.41) is 24.6. The van der Waals surface area contributed by atoms with Crippen molar-refractivity contribution in [3.8, 4) is 39.4 Å². The number of hydrogen-bond donors (Lipinski definition) is 2. The number of fused-ring (bicyclic) bond motifs is 3. The number of carboxylic acids is 1. The molecular weight excluding hydrogens is 592 g/mol. The first kappa shape index (κ1) is 31.9. The third kappa shape index (κ3) is 6.33. The minimum atomic E-state index is -0.881. The fourth-order valence-electron chi connectivity index (χ4n) is 6.25. The summed E-state index contributed by atoms with van der Waals surface area (Å²) >= 11 is 0. The Morgan fingerprint density at radius 3 is 2.51 bits per heavy atom. The van der Waals surface area contributed by atoms with Crippen molar-refractivity contribution in [3.05, 3.63) is 77.4 Å². The molecule has 1 aliphatic rings. The molecule has 1 aliphatic heterocycles. The van der Waals surface area contributed by atoms with E-state index in [2.05, 4.69) is 44.8 Å². The molecule has 0 saturated heterocycles. The van der Waals surface area contributed by atoms with Gasteiger partial charge < -0.3 is 19.5 Å². The summed E-state index contributed by atoms with van der Waals surface area (Å²) in [5.74, 6) is 0.0369. The fraction of sp³-hybridized carbons (Fsp3) is 0.324. The fourth-order valence-corrected chi connectivity index (χ4v) is 6.25. The molecule has 6 heterocycles. The minimum absolute atomic E-state index is 0.107. The van der Waals surface area contributed by atoms with Crippen LogP contribution in [-0.2, 0) is 31.7 Å². The average molecular weight is 633 g/mol. The highest BCUT2D eigenvalue weighted by molar-refractivity contribution is 6.01. The highest BCUT2D eigenvalue weighted by atomic mass is 16.5. The van der Waals surface area contributed by atoms with Crippen molar-refractivity contribution in [2.75, 3.05) is 6.61 Å². The molecular formula is C37H40N6O4. The lowest BCUT2D eigenvalue weighted by atomic mass is 9.88. The Kier molecular flexibility index (Phi) is 8.31. The van der Waals surface area contributed by atoms with Gasteiger partial charge in [-0.25, -0.2) is 9.97 Å². The van der Waals surface area contributed by atoms with E-state index in [0.717, 1.165) is 92.0 Å². The molecule has 0 radical (unpaired) electrons. The van der Waals surface area contributed by atoms with Gasteiger partial charge in [0.2, 0.25) is 0 Å². The van der Waals surface area contributed by atoms with Crippen LogP contribution in [0.4, 0.5) is 0 Å². The Bertz CT molecular complexity index is 2150. The topological polar surface area (TPSA) is 128 Å². The summed E-state index contributed by atoms with van der Waals surface area (Å²) in [6, 6.07) is 12.3. The lowest BCUT2D eigenvalue weighted by molar-refractivity contribution is -0.136. The first-order valence-corrected chi connectivity index (χ1v) is 15.7. The van der Waals surface area contributed by atoms with Gasteiger partial charge in [0, 0.05) is 54.1 Å². The Labute approximate surface area is 273 Å². The van der Waals surface area contributed by atoms with Crippen LogP contribution in [0, 0.1) is 13.8 Å². The molecule has 0 unspecified atom stereocenters. The molecule has 0 fully saturated rings. The van der Waals surface area contributed by atoms with Gasteiger partial charge in [-0.2, -0.15) is 5.10 Å². The summed E-state index contributed by atoms with van der Waals surface area (Å²) < 4.78 is 9.76. The van der Waals surface area contributed by atoms with Crippen LogP contribution in [0.5, 0.6) is 5.75 Å². The number of aliphatic carboxylic acids is 1. The highest BCUT2D eigenvalue weighted by Gasteiger charge is 2.24.